The number of nitrogens with two attached hydrogens (primary N) is 1. The van der Waals surface area contributed by atoms with E-state index >= 15 is 0 Å². The summed E-state index contributed by atoms with van der Waals surface area (Å²) in [5, 5.41) is 0. The minimum absolute atomic E-state index is 0.0776. The number of hydrogen-bond acceptors (Lipinski definition) is 3. The molecule has 2 amide bonds. The maximum Gasteiger partial charge on any atom is 0.254 e. The summed E-state index contributed by atoms with van der Waals surface area (Å²) in [5.74, 6) is 0.0305. The summed E-state index contributed by atoms with van der Waals surface area (Å²) in [6.45, 7) is 6.46. The Morgan fingerprint density at radius 1 is 1.18 bits per heavy atom. The van der Waals surface area contributed by atoms with E-state index in [1.807, 2.05) is 13.8 Å². The topological polar surface area (TPSA) is 72.6 Å². The molecule has 0 saturated heterocycles. The van der Waals surface area contributed by atoms with Crippen molar-refractivity contribution in [2.24, 2.45) is 5.73 Å². The normalized spacial score (nSPS) is 10.5. The van der Waals surface area contributed by atoms with Crippen molar-refractivity contribution >= 4 is 11.8 Å². The van der Waals surface area contributed by atoms with Gasteiger partial charge in [0.25, 0.3) is 5.91 Å². The highest BCUT2D eigenvalue weighted by molar-refractivity contribution is 5.96. The molecule has 1 rings (SSSR count). The zero-order valence-electron chi connectivity index (χ0n) is 13.7. The van der Waals surface area contributed by atoms with Gasteiger partial charge in [-0.3, -0.25) is 9.59 Å². The van der Waals surface area contributed by atoms with Crippen molar-refractivity contribution in [1.82, 2.24) is 4.90 Å². The molecule has 0 aromatic heterocycles. The second-order valence-electron chi connectivity index (χ2n) is 5.57. The van der Waals surface area contributed by atoms with Crippen LogP contribution in [-0.2, 0) is 4.79 Å². The van der Waals surface area contributed by atoms with E-state index in [0.717, 1.165) is 25.0 Å². The summed E-state index contributed by atoms with van der Waals surface area (Å²) in [6, 6.07) is 6.90. The van der Waals surface area contributed by atoms with Crippen LogP contribution in [0.25, 0.3) is 0 Å². The minimum atomic E-state index is -0.516. The Labute approximate surface area is 132 Å². The first-order valence-corrected chi connectivity index (χ1v) is 7.77. The number of carbonyl (C=O) groups is 2. The lowest BCUT2D eigenvalue weighted by Crippen LogP contribution is -2.42. The van der Waals surface area contributed by atoms with E-state index < -0.39 is 5.91 Å². The Balaban J connectivity index is 2.67. The molecule has 0 spiro atoms. The third kappa shape index (κ3) is 5.76. The Morgan fingerprint density at radius 2 is 1.82 bits per heavy atom. The first kappa shape index (κ1) is 18.0. The molecule has 0 aliphatic carbocycles. The van der Waals surface area contributed by atoms with Crippen molar-refractivity contribution in [1.29, 1.82) is 0 Å². The fourth-order valence-electron chi connectivity index (χ4n) is 2.06. The fourth-order valence-corrected chi connectivity index (χ4v) is 2.06. The van der Waals surface area contributed by atoms with E-state index in [0.29, 0.717) is 12.2 Å². The van der Waals surface area contributed by atoms with Crippen molar-refractivity contribution < 1.29 is 14.3 Å². The molecule has 1 aromatic rings. The van der Waals surface area contributed by atoms with Crippen LogP contribution in [0.4, 0.5) is 0 Å². The smallest absolute Gasteiger partial charge is 0.254 e. The lowest BCUT2D eigenvalue weighted by molar-refractivity contribution is -0.119. The molecule has 0 saturated carbocycles. The van der Waals surface area contributed by atoms with Gasteiger partial charge in [-0.05, 0) is 44.5 Å². The van der Waals surface area contributed by atoms with Crippen molar-refractivity contribution in [2.45, 2.75) is 46.1 Å². The van der Waals surface area contributed by atoms with Crippen LogP contribution >= 0.6 is 0 Å². The number of primary amides is 1. The Kier molecular flexibility index (Phi) is 7.43. The quantitative estimate of drug-likeness (QED) is 0.713. The van der Waals surface area contributed by atoms with Gasteiger partial charge in [0.1, 0.15) is 5.75 Å². The number of ether oxygens (including phenoxy) is 1. The van der Waals surface area contributed by atoms with Gasteiger partial charge in [-0.2, -0.15) is 0 Å². The largest absolute Gasteiger partial charge is 0.494 e. The van der Waals surface area contributed by atoms with Gasteiger partial charge < -0.3 is 15.4 Å². The molecule has 0 aliphatic heterocycles. The Morgan fingerprint density at radius 3 is 2.32 bits per heavy atom. The first-order valence-electron chi connectivity index (χ1n) is 7.77. The van der Waals surface area contributed by atoms with Gasteiger partial charge in [0.2, 0.25) is 5.91 Å². The van der Waals surface area contributed by atoms with Crippen molar-refractivity contribution in [3.63, 3.8) is 0 Å². The predicted molar refractivity (Wildman–Crippen MR) is 86.8 cm³/mol. The predicted octanol–water partition coefficient (Wildman–Crippen LogP) is 2.59. The number of unbranched alkanes of at least 4 members (excludes halogenated alkanes) is 2. The molecule has 22 heavy (non-hydrogen) atoms. The van der Waals surface area contributed by atoms with E-state index in [2.05, 4.69) is 6.92 Å². The second kappa shape index (κ2) is 9.07. The molecule has 122 valence electrons. The molecule has 0 atom stereocenters. The van der Waals surface area contributed by atoms with E-state index in [-0.39, 0.29) is 18.5 Å². The number of nitrogens with zero attached hydrogens (tertiary/aromatic N) is 1. The monoisotopic (exact) mass is 306 g/mol. The van der Waals surface area contributed by atoms with E-state index in [9.17, 15) is 9.59 Å². The average Bonchev–Trinajstić information content (AvgIpc) is 2.49. The Bertz CT molecular complexity index is 483. The summed E-state index contributed by atoms with van der Waals surface area (Å²) < 4.78 is 5.62. The zero-order chi connectivity index (χ0) is 16.5. The maximum absolute atomic E-state index is 12.4. The van der Waals surface area contributed by atoms with Crippen LogP contribution in [-0.4, -0.2) is 35.9 Å². The van der Waals surface area contributed by atoms with E-state index in [1.165, 1.54) is 4.90 Å². The third-order valence-electron chi connectivity index (χ3n) is 3.33. The highest BCUT2D eigenvalue weighted by Gasteiger charge is 2.20. The zero-order valence-corrected chi connectivity index (χ0v) is 13.7. The van der Waals surface area contributed by atoms with Gasteiger partial charge in [-0.25, -0.2) is 0 Å². The maximum atomic E-state index is 12.4. The van der Waals surface area contributed by atoms with Crippen molar-refractivity contribution in [2.75, 3.05) is 13.2 Å². The molecule has 1 aromatic carbocycles. The van der Waals surface area contributed by atoms with Crippen LogP contribution in [0.15, 0.2) is 24.3 Å². The SMILES string of the molecule is CCCCCOc1ccc(C(=O)N(CC(N)=O)C(C)C)cc1. The molecule has 0 aliphatic rings. The van der Waals surface area contributed by atoms with Crippen LogP contribution < -0.4 is 10.5 Å². The second-order valence-corrected chi connectivity index (χ2v) is 5.57. The third-order valence-corrected chi connectivity index (χ3v) is 3.33. The number of hydrogen-bond donors (Lipinski definition) is 1. The first-order chi connectivity index (χ1) is 10.5. The molecule has 0 radical (unpaired) electrons. The molecular formula is C17H26N2O3. The van der Waals surface area contributed by atoms with Crippen LogP contribution in [0.5, 0.6) is 5.75 Å². The molecule has 0 bridgehead atoms. The van der Waals surface area contributed by atoms with Crippen molar-refractivity contribution in [3.8, 4) is 5.75 Å². The molecule has 0 unspecified atom stereocenters. The summed E-state index contributed by atoms with van der Waals surface area (Å²) >= 11 is 0. The van der Waals surface area contributed by atoms with Gasteiger partial charge in [0, 0.05) is 11.6 Å². The van der Waals surface area contributed by atoms with Gasteiger partial charge in [-0.15, -0.1) is 0 Å². The van der Waals surface area contributed by atoms with Gasteiger partial charge in [0.15, 0.2) is 0 Å². The molecular weight excluding hydrogens is 280 g/mol. The lowest BCUT2D eigenvalue weighted by atomic mass is 10.1. The lowest BCUT2D eigenvalue weighted by Gasteiger charge is -2.25. The molecule has 0 heterocycles. The summed E-state index contributed by atoms with van der Waals surface area (Å²) in [4.78, 5) is 25.0. The Hall–Kier alpha value is -2.04. The number of amides is 2. The summed E-state index contributed by atoms with van der Waals surface area (Å²) in [5.41, 5.74) is 5.72. The van der Waals surface area contributed by atoms with Gasteiger partial charge in [0.05, 0.1) is 13.2 Å². The standard InChI is InChI=1S/C17H26N2O3/c1-4-5-6-11-22-15-9-7-14(8-10-15)17(21)19(13(2)3)12-16(18)20/h7-10,13H,4-6,11-12H2,1-3H3,(H2,18,20). The highest BCUT2D eigenvalue weighted by atomic mass is 16.5. The molecule has 5 nitrogen and oxygen atoms in total. The van der Waals surface area contributed by atoms with E-state index in [1.54, 1.807) is 24.3 Å². The number of benzene rings is 1. The van der Waals surface area contributed by atoms with Crippen LogP contribution in [0.3, 0.4) is 0 Å². The van der Waals surface area contributed by atoms with Crippen LogP contribution in [0, 0.1) is 0 Å². The number of rotatable bonds is 9. The summed E-state index contributed by atoms with van der Waals surface area (Å²) in [7, 11) is 0. The average molecular weight is 306 g/mol. The molecule has 2 N–H and O–H groups in total. The fraction of sp³-hybridized carbons (Fsp3) is 0.529. The number of carbonyl (C=O) groups excluding carboxylic acids is 2. The minimum Gasteiger partial charge on any atom is -0.494 e. The summed E-state index contributed by atoms with van der Waals surface area (Å²) in [6.07, 6.45) is 3.33. The van der Waals surface area contributed by atoms with Crippen molar-refractivity contribution in [3.05, 3.63) is 29.8 Å². The van der Waals surface area contributed by atoms with Gasteiger partial charge >= 0.3 is 0 Å². The highest BCUT2D eigenvalue weighted by Crippen LogP contribution is 2.15. The van der Waals surface area contributed by atoms with Crippen LogP contribution in [0.2, 0.25) is 0 Å². The molecule has 0 fully saturated rings. The molecule has 5 heteroatoms. The van der Waals surface area contributed by atoms with Crippen LogP contribution in [0.1, 0.15) is 50.4 Å². The van der Waals surface area contributed by atoms with E-state index in [4.69, 9.17) is 10.5 Å². The van der Waals surface area contributed by atoms with Gasteiger partial charge in [-0.1, -0.05) is 19.8 Å².